The predicted molar refractivity (Wildman–Crippen MR) is 81.2 cm³/mol. The van der Waals surface area contributed by atoms with Crippen LogP contribution in [-0.4, -0.2) is 38.1 Å². The molecule has 1 aliphatic rings. The van der Waals surface area contributed by atoms with Crippen molar-refractivity contribution >= 4 is 23.2 Å². The lowest BCUT2D eigenvalue weighted by Crippen LogP contribution is -2.43. The van der Waals surface area contributed by atoms with Crippen LogP contribution in [0.4, 0.5) is 11.4 Å². The summed E-state index contributed by atoms with van der Waals surface area (Å²) < 4.78 is 4.74. The smallest absolute Gasteiger partial charge is 0.250 e. The number of carbonyl (C=O) groups excluding carboxylic acids is 2. The number of hydrogen-bond donors (Lipinski definition) is 3. The SMILES string of the molecule is COCC(=O)Nc1ccc(NC(=O)[C@H]2CCCCN2)cc1. The van der Waals surface area contributed by atoms with Gasteiger partial charge in [-0.25, -0.2) is 0 Å². The highest BCUT2D eigenvalue weighted by Gasteiger charge is 2.20. The molecule has 114 valence electrons. The number of benzene rings is 1. The van der Waals surface area contributed by atoms with Crippen LogP contribution in [0.3, 0.4) is 0 Å². The van der Waals surface area contributed by atoms with Crippen LogP contribution in [0.5, 0.6) is 0 Å². The minimum atomic E-state index is -0.208. The van der Waals surface area contributed by atoms with Crippen LogP contribution >= 0.6 is 0 Å². The van der Waals surface area contributed by atoms with Crippen molar-refractivity contribution in [2.24, 2.45) is 0 Å². The van der Waals surface area contributed by atoms with Crippen LogP contribution in [0, 0.1) is 0 Å². The molecule has 2 rings (SSSR count). The summed E-state index contributed by atoms with van der Waals surface area (Å²) in [6.07, 6.45) is 3.08. The summed E-state index contributed by atoms with van der Waals surface area (Å²) in [6, 6.07) is 6.92. The van der Waals surface area contributed by atoms with Gasteiger partial charge in [-0.3, -0.25) is 9.59 Å². The minimum Gasteiger partial charge on any atom is -0.375 e. The predicted octanol–water partition coefficient (Wildman–Crippen LogP) is 1.35. The number of amides is 2. The Morgan fingerprint density at radius 1 is 1.19 bits per heavy atom. The molecule has 1 aromatic carbocycles. The van der Waals surface area contributed by atoms with Gasteiger partial charge >= 0.3 is 0 Å². The zero-order valence-corrected chi connectivity index (χ0v) is 12.1. The second-order valence-corrected chi connectivity index (χ2v) is 5.05. The fourth-order valence-corrected chi connectivity index (χ4v) is 2.27. The van der Waals surface area contributed by atoms with Crippen molar-refractivity contribution in [2.45, 2.75) is 25.3 Å². The molecule has 1 atom stereocenters. The average Bonchev–Trinajstić information content (AvgIpc) is 2.50. The third-order valence-electron chi connectivity index (χ3n) is 3.34. The van der Waals surface area contributed by atoms with E-state index in [1.54, 1.807) is 24.3 Å². The topological polar surface area (TPSA) is 79.5 Å². The van der Waals surface area contributed by atoms with Crippen LogP contribution in [0.15, 0.2) is 24.3 Å². The summed E-state index contributed by atoms with van der Waals surface area (Å²) in [6.45, 7) is 0.911. The Labute approximate surface area is 124 Å². The minimum absolute atomic E-state index is 0.00846. The third kappa shape index (κ3) is 4.84. The average molecular weight is 291 g/mol. The maximum Gasteiger partial charge on any atom is 0.250 e. The number of hydrogen-bond acceptors (Lipinski definition) is 4. The lowest BCUT2D eigenvalue weighted by molar-refractivity contribution is -0.120. The number of anilines is 2. The Morgan fingerprint density at radius 2 is 1.86 bits per heavy atom. The highest BCUT2D eigenvalue weighted by atomic mass is 16.5. The maximum atomic E-state index is 12.1. The second kappa shape index (κ2) is 7.75. The van der Waals surface area contributed by atoms with Crippen LogP contribution < -0.4 is 16.0 Å². The number of ether oxygens (including phenoxy) is 1. The van der Waals surface area contributed by atoms with Gasteiger partial charge in [-0.15, -0.1) is 0 Å². The molecule has 21 heavy (non-hydrogen) atoms. The molecule has 0 bridgehead atoms. The molecule has 0 spiro atoms. The molecule has 0 aromatic heterocycles. The summed E-state index contributed by atoms with van der Waals surface area (Å²) in [5.74, 6) is -0.216. The third-order valence-corrected chi connectivity index (χ3v) is 3.34. The molecule has 0 aliphatic carbocycles. The molecule has 6 nitrogen and oxygen atoms in total. The molecule has 1 heterocycles. The van der Waals surface area contributed by atoms with Gasteiger partial charge in [0.1, 0.15) is 6.61 Å². The summed E-state index contributed by atoms with van der Waals surface area (Å²) in [5, 5.41) is 8.78. The maximum absolute atomic E-state index is 12.1. The fourth-order valence-electron chi connectivity index (χ4n) is 2.27. The molecule has 1 aromatic rings. The number of piperidine rings is 1. The Morgan fingerprint density at radius 3 is 2.43 bits per heavy atom. The van der Waals surface area contributed by atoms with Crippen molar-refractivity contribution in [3.8, 4) is 0 Å². The molecule has 0 saturated carbocycles. The molecule has 0 radical (unpaired) electrons. The highest BCUT2D eigenvalue weighted by molar-refractivity contribution is 5.95. The molecule has 0 unspecified atom stereocenters. The van der Waals surface area contributed by atoms with Gasteiger partial charge < -0.3 is 20.7 Å². The first kappa shape index (κ1) is 15.5. The first-order chi connectivity index (χ1) is 10.2. The molecule has 6 heteroatoms. The van der Waals surface area contributed by atoms with Crippen molar-refractivity contribution in [1.82, 2.24) is 5.32 Å². The van der Waals surface area contributed by atoms with Gasteiger partial charge in [0.25, 0.3) is 0 Å². The molecule has 1 aliphatic heterocycles. The summed E-state index contributed by atoms with van der Waals surface area (Å²) >= 11 is 0. The zero-order chi connectivity index (χ0) is 15.1. The molecule has 1 saturated heterocycles. The first-order valence-corrected chi connectivity index (χ1v) is 7.12. The van der Waals surface area contributed by atoms with Crippen LogP contribution in [-0.2, 0) is 14.3 Å². The molecular weight excluding hydrogens is 270 g/mol. The highest BCUT2D eigenvalue weighted by Crippen LogP contribution is 2.15. The van der Waals surface area contributed by atoms with Crippen molar-refractivity contribution in [3.63, 3.8) is 0 Å². The molecule has 1 fully saturated rings. The second-order valence-electron chi connectivity index (χ2n) is 5.05. The Hall–Kier alpha value is -1.92. The van der Waals surface area contributed by atoms with Gasteiger partial charge in [0, 0.05) is 18.5 Å². The van der Waals surface area contributed by atoms with Gasteiger partial charge in [-0.1, -0.05) is 6.42 Å². The number of rotatable bonds is 5. The number of nitrogens with one attached hydrogen (secondary N) is 3. The van der Waals surface area contributed by atoms with E-state index in [0.29, 0.717) is 5.69 Å². The van der Waals surface area contributed by atoms with E-state index in [-0.39, 0.29) is 24.5 Å². The number of carbonyl (C=O) groups is 2. The molecule has 2 amide bonds. The Kier molecular flexibility index (Phi) is 5.71. The van der Waals surface area contributed by atoms with E-state index in [9.17, 15) is 9.59 Å². The van der Waals surface area contributed by atoms with E-state index < -0.39 is 0 Å². The van der Waals surface area contributed by atoms with Crippen LogP contribution in [0.2, 0.25) is 0 Å². The Balaban J connectivity index is 1.86. The largest absolute Gasteiger partial charge is 0.375 e. The van der Waals surface area contributed by atoms with Gasteiger partial charge in [-0.05, 0) is 43.7 Å². The zero-order valence-electron chi connectivity index (χ0n) is 12.1. The lowest BCUT2D eigenvalue weighted by Gasteiger charge is -2.22. The van der Waals surface area contributed by atoms with E-state index in [1.165, 1.54) is 7.11 Å². The van der Waals surface area contributed by atoms with Crippen molar-refractivity contribution in [3.05, 3.63) is 24.3 Å². The molecular formula is C15H21N3O3. The Bertz CT molecular complexity index is 481. The van der Waals surface area contributed by atoms with E-state index in [2.05, 4.69) is 16.0 Å². The van der Waals surface area contributed by atoms with Crippen LogP contribution in [0.25, 0.3) is 0 Å². The summed E-state index contributed by atoms with van der Waals surface area (Å²) in [4.78, 5) is 23.4. The van der Waals surface area contributed by atoms with Crippen molar-refractivity contribution in [2.75, 3.05) is 30.9 Å². The monoisotopic (exact) mass is 291 g/mol. The summed E-state index contributed by atoms with van der Waals surface area (Å²) in [5.41, 5.74) is 1.39. The van der Waals surface area contributed by atoms with Crippen LogP contribution in [0.1, 0.15) is 19.3 Å². The standard InChI is InChI=1S/C15H21N3O3/c1-21-10-14(19)17-11-5-7-12(8-6-11)18-15(20)13-4-2-3-9-16-13/h5-8,13,16H,2-4,9-10H2,1H3,(H,17,19)(H,18,20)/t13-/m1/s1. The first-order valence-electron chi connectivity index (χ1n) is 7.12. The number of methoxy groups -OCH3 is 1. The van der Waals surface area contributed by atoms with E-state index in [4.69, 9.17) is 4.74 Å². The fraction of sp³-hybridized carbons (Fsp3) is 0.467. The van der Waals surface area contributed by atoms with Gasteiger partial charge in [0.05, 0.1) is 6.04 Å². The van der Waals surface area contributed by atoms with E-state index in [0.717, 1.165) is 31.5 Å². The normalized spacial score (nSPS) is 18.0. The van der Waals surface area contributed by atoms with Gasteiger partial charge in [0.15, 0.2) is 0 Å². The van der Waals surface area contributed by atoms with E-state index in [1.807, 2.05) is 0 Å². The van der Waals surface area contributed by atoms with Gasteiger partial charge in [0.2, 0.25) is 11.8 Å². The summed E-state index contributed by atoms with van der Waals surface area (Å²) in [7, 11) is 1.47. The van der Waals surface area contributed by atoms with E-state index >= 15 is 0 Å². The van der Waals surface area contributed by atoms with Gasteiger partial charge in [-0.2, -0.15) is 0 Å². The van der Waals surface area contributed by atoms with Crippen molar-refractivity contribution in [1.29, 1.82) is 0 Å². The van der Waals surface area contributed by atoms with Crippen molar-refractivity contribution < 1.29 is 14.3 Å². The quantitative estimate of drug-likeness (QED) is 0.765. The lowest BCUT2D eigenvalue weighted by atomic mass is 10.0. The molecule has 3 N–H and O–H groups in total.